The first-order valence-electron chi connectivity index (χ1n) is 5.48. The summed E-state index contributed by atoms with van der Waals surface area (Å²) in [5, 5.41) is 9.18. The molecule has 0 aliphatic carbocycles. The minimum absolute atomic E-state index is 0.0384. The fourth-order valence-corrected chi connectivity index (χ4v) is 1.67. The highest BCUT2D eigenvalue weighted by Crippen LogP contribution is 2.26. The SMILES string of the molecule is O=C(O)Cc1ccc(Oc2ccc(Cl)cc2)c(F)c1. The smallest absolute Gasteiger partial charge is 0.307 e. The second-order valence-electron chi connectivity index (χ2n) is 3.89. The summed E-state index contributed by atoms with van der Waals surface area (Å²) < 4.78 is 19.1. The summed E-state index contributed by atoms with van der Waals surface area (Å²) in [5.41, 5.74) is 0.383. The number of benzene rings is 2. The third kappa shape index (κ3) is 3.69. The van der Waals surface area contributed by atoms with Gasteiger partial charge in [0.15, 0.2) is 11.6 Å². The molecule has 5 heteroatoms. The summed E-state index contributed by atoms with van der Waals surface area (Å²) in [4.78, 5) is 10.5. The maximum atomic E-state index is 13.7. The maximum Gasteiger partial charge on any atom is 0.307 e. The quantitative estimate of drug-likeness (QED) is 0.924. The Morgan fingerprint density at radius 1 is 1.21 bits per heavy atom. The highest BCUT2D eigenvalue weighted by atomic mass is 35.5. The minimum Gasteiger partial charge on any atom is -0.481 e. The third-order valence-electron chi connectivity index (χ3n) is 2.39. The lowest BCUT2D eigenvalue weighted by Gasteiger charge is -2.07. The first-order valence-corrected chi connectivity index (χ1v) is 5.86. The van der Waals surface area contributed by atoms with Crippen LogP contribution in [0, 0.1) is 5.82 Å². The number of carbonyl (C=O) groups is 1. The van der Waals surface area contributed by atoms with Gasteiger partial charge in [0.25, 0.3) is 0 Å². The van der Waals surface area contributed by atoms with E-state index in [1.165, 1.54) is 12.1 Å². The van der Waals surface area contributed by atoms with Gasteiger partial charge in [0.2, 0.25) is 0 Å². The zero-order valence-electron chi connectivity index (χ0n) is 9.77. The van der Waals surface area contributed by atoms with Crippen LogP contribution in [-0.2, 0) is 11.2 Å². The molecule has 98 valence electrons. The van der Waals surface area contributed by atoms with E-state index in [1.54, 1.807) is 24.3 Å². The monoisotopic (exact) mass is 280 g/mol. The summed E-state index contributed by atoms with van der Waals surface area (Å²) in [6, 6.07) is 10.6. The van der Waals surface area contributed by atoms with Crippen LogP contribution in [0.1, 0.15) is 5.56 Å². The van der Waals surface area contributed by atoms with E-state index in [1.807, 2.05) is 0 Å². The van der Waals surface area contributed by atoms with Crippen LogP contribution in [0.25, 0.3) is 0 Å². The standard InChI is InChI=1S/C14H10ClFO3/c15-10-2-4-11(5-3-10)19-13-6-1-9(7-12(13)16)8-14(17)18/h1-7H,8H2,(H,17,18). The third-order valence-corrected chi connectivity index (χ3v) is 2.65. The van der Waals surface area contributed by atoms with Crippen LogP contribution in [0.5, 0.6) is 11.5 Å². The van der Waals surface area contributed by atoms with Gasteiger partial charge in [-0.1, -0.05) is 17.7 Å². The zero-order valence-corrected chi connectivity index (χ0v) is 10.5. The van der Waals surface area contributed by atoms with Crippen LogP contribution in [0.2, 0.25) is 5.02 Å². The van der Waals surface area contributed by atoms with E-state index in [0.717, 1.165) is 6.07 Å². The highest BCUT2D eigenvalue weighted by molar-refractivity contribution is 6.30. The second kappa shape index (κ2) is 5.71. The number of carboxylic acid groups (broad SMARTS) is 1. The Bertz CT molecular complexity index is 596. The summed E-state index contributed by atoms with van der Waals surface area (Å²) in [7, 11) is 0. The molecule has 0 aliphatic heterocycles. The van der Waals surface area contributed by atoms with Gasteiger partial charge in [0, 0.05) is 5.02 Å². The lowest BCUT2D eigenvalue weighted by Crippen LogP contribution is -2.00. The average molecular weight is 281 g/mol. The summed E-state index contributed by atoms with van der Waals surface area (Å²) in [6.07, 6.45) is -0.224. The number of hydrogen-bond acceptors (Lipinski definition) is 2. The molecule has 0 amide bonds. The number of halogens is 2. The van der Waals surface area contributed by atoms with Gasteiger partial charge in [0.05, 0.1) is 6.42 Å². The molecule has 0 aromatic heterocycles. The van der Waals surface area contributed by atoms with Crippen LogP contribution in [-0.4, -0.2) is 11.1 Å². The Morgan fingerprint density at radius 3 is 2.47 bits per heavy atom. The lowest BCUT2D eigenvalue weighted by atomic mass is 10.1. The molecule has 2 rings (SSSR count). The molecule has 0 radical (unpaired) electrons. The fourth-order valence-electron chi connectivity index (χ4n) is 1.54. The van der Waals surface area contributed by atoms with Gasteiger partial charge in [-0.3, -0.25) is 4.79 Å². The molecule has 3 nitrogen and oxygen atoms in total. The number of aliphatic carboxylic acids is 1. The number of ether oxygens (including phenoxy) is 1. The first kappa shape index (κ1) is 13.4. The van der Waals surface area contributed by atoms with Crippen molar-refractivity contribution in [3.8, 4) is 11.5 Å². The Morgan fingerprint density at radius 2 is 1.89 bits per heavy atom. The van der Waals surface area contributed by atoms with E-state index in [9.17, 15) is 9.18 Å². The van der Waals surface area contributed by atoms with Crippen molar-refractivity contribution in [1.82, 2.24) is 0 Å². The lowest BCUT2D eigenvalue weighted by molar-refractivity contribution is -0.136. The van der Waals surface area contributed by atoms with Gasteiger partial charge in [-0.05, 0) is 42.0 Å². The fraction of sp³-hybridized carbons (Fsp3) is 0.0714. The Balaban J connectivity index is 2.17. The van der Waals surface area contributed by atoms with Crippen molar-refractivity contribution in [3.05, 3.63) is 58.9 Å². The molecule has 0 fully saturated rings. The number of hydrogen-bond donors (Lipinski definition) is 1. The molecule has 0 heterocycles. The molecule has 0 bridgehead atoms. The van der Waals surface area contributed by atoms with Crippen molar-refractivity contribution in [2.45, 2.75) is 6.42 Å². The van der Waals surface area contributed by atoms with Gasteiger partial charge in [-0.25, -0.2) is 4.39 Å². The van der Waals surface area contributed by atoms with Crippen LogP contribution >= 0.6 is 11.6 Å². The Labute approximate surface area is 114 Å². The van der Waals surface area contributed by atoms with Gasteiger partial charge >= 0.3 is 5.97 Å². The minimum atomic E-state index is -1.01. The molecular weight excluding hydrogens is 271 g/mol. The topological polar surface area (TPSA) is 46.5 Å². The van der Waals surface area contributed by atoms with Gasteiger partial charge in [-0.2, -0.15) is 0 Å². The molecule has 0 atom stereocenters. The largest absolute Gasteiger partial charge is 0.481 e. The molecule has 0 saturated carbocycles. The second-order valence-corrected chi connectivity index (χ2v) is 4.33. The molecule has 0 unspecified atom stereocenters. The van der Waals surface area contributed by atoms with E-state index in [-0.39, 0.29) is 12.2 Å². The molecule has 0 aliphatic rings. The average Bonchev–Trinajstić information content (AvgIpc) is 2.34. The van der Waals surface area contributed by atoms with Crippen molar-refractivity contribution in [2.75, 3.05) is 0 Å². The Hall–Kier alpha value is -2.07. The van der Waals surface area contributed by atoms with E-state index < -0.39 is 11.8 Å². The van der Waals surface area contributed by atoms with Crippen molar-refractivity contribution >= 4 is 17.6 Å². The van der Waals surface area contributed by atoms with E-state index in [4.69, 9.17) is 21.4 Å². The summed E-state index contributed by atoms with van der Waals surface area (Å²) in [6.45, 7) is 0. The van der Waals surface area contributed by atoms with Crippen LogP contribution in [0.15, 0.2) is 42.5 Å². The van der Waals surface area contributed by atoms with Crippen LogP contribution in [0.4, 0.5) is 4.39 Å². The van der Waals surface area contributed by atoms with Crippen molar-refractivity contribution in [3.63, 3.8) is 0 Å². The molecule has 1 N–H and O–H groups in total. The molecule has 0 saturated heterocycles. The van der Waals surface area contributed by atoms with E-state index in [2.05, 4.69) is 0 Å². The molecule has 2 aromatic rings. The van der Waals surface area contributed by atoms with Gasteiger partial charge in [-0.15, -0.1) is 0 Å². The van der Waals surface area contributed by atoms with E-state index >= 15 is 0 Å². The maximum absolute atomic E-state index is 13.7. The summed E-state index contributed by atoms with van der Waals surface area (Å²) >= 11 is 5.73. The molecule has 2 aromatic carbocycles. The highest BCUT2D eigenvalue weighted by Gasteiger charge is 2.08. The summed E-state index contributed by atoms with van der Waals surface area (Å²) in [5.74, 6) is -1.12. The van der Waals surface area contributed by atoms with Crippen molar-refractivity contribution in [1.29, 1.82) is 0 Å². The van der Waals surface area contributed by atoms with Crippen LogP contribution < -0.4 is 4.74 Å². The molecule has 0 spiro atoms. The number of carboxylic acids is 1. The van der Waals surface area contributed by atoms with Gasteiger partial charge < -0.3 is 9.84 Å². The Kier molecular flexibility index (Phi) is 4.02. The van der Waals surface area contributed by atoms with Gasteiger partial charge in [0.1, 0.15) is 5.75 Å². The predicted octanol–water partition coefficient (Wildman–Crippen LogP) is 3.90. The molecular formula is C14H10ClFO3. The normalized spacial score (nSPS) is 10.2. The van der Waals surface area contributed by atoms with Crippen LogP contribution in [0.3, 0.4) is 0 Å². The first-order chi connectivity index (χ1) is 9.04. The predicted molar refractivity (Wildman–Crippen MR) is 69.3 cm³/mol. The zero-order chi connectivity index (χ0) is 13.8. The van der Waals surface area contributed by atoms with Crippen molar-refractivity contribution in [2.24, 2.45) is 0 Å². The van der Waals surface area contributed by atoms with Crippen molar-refractivity contribution < 1.29 is 19.0 Å². The number of rotatable bonds is 4. The van der Waals surface area contributed by atoms with E-state index in [0.29, 0.717) is 16.3 Å². The molecule has 19 heavy (non-hydrogen) atoms.